The summed E-state index contributed by atoms with van der Waals surface area (Å²) in [5.74, 6) is -0.0358. The van der Waals surface area contributed by atoms with E-state index in [1.165, 1.54) is 0 Å². The molecule has 1 aliphatic carbocycles. The Hall–Kier alpha value is -0.910. The molecule has 0 spiro atoms. The third-order valence-corrected chi connectivity index (χ3v) is 4.78. The molecule has 4 nitrogen and oxygen atoms in total. The van der Waals surface area contributed by atoms with Crippen LogP contribution in [0.3, 0.4) is 0 Å². The van der Waals surface area contributed by atoms with Gasteiger partial charge in [0.25, 0.3) is 0 Å². The van der Waals surface area contributed by atoms with Crippen LogP contribution in [0.25, 0.3) is 0 Å². The summed E-state index contributed by atoms with van der Waals surface area (Å²) in [6.45, 7) is 1.59. The molecule has 2 N–H and O–H groups in total. The minimum Gasteiger partial charge on any atom is -0.379 e. The van der Waals surface area contributed by atoms with E-state index in [2.05, 4.69) is 22.0 Å². The molecule has 2 fully saturated rings. The van der Waals surface area contributed by atoms with Crippen LogP contribution in [0.1, 0.15) is 18.4 Å². The number of carbonyl (C=O) groups is 1. The maximum absolute atomic E-state index is 12.7. The number of nitrogens with zero attached hydrogens (tertiary/aromatic N) is 1. The van der Waals surface area contributed by atoms with Crippen LogP contribution in [-0.2, 0) is 16.1 Å². The van der Waals surface area contributed by atoms with Crippen molar-refractivity contribution in [3.63, 3.8) is 0 Å². The molecule has 108 valence electrons. The molecule has 5 heteroatoms. The van der Waals surface area contributed by atoms with Crippen LogP contribution >= 0.6 is 15.9 Å². The van der Waals surface area contributed by atoms with Crippen molar-refractivity contribution in [2.75, 3.05) is 13.2 Å². The number of halogens is 1. The van der Waals surface area contributed by atoms with Crippen molar-refractivity contribution in [1.82, 2.24) is 4.90 Å². The van der Waals surface area contributed by atoms with E-state index in [0.717, 1.165) is 22.9 Å². The van der Waals surface area contributed by atoms with Gasteiger partial charge in [0.2, 0.25) is 5.91 Å². The average Bonchev–Trinajstić information content (AvgIpc) is 3.19. The van der Waals surface area contributed by atoms with Gasteiger partial charge in [-0.25, -0.2) is 0 Å². The number of nitrogens with two attached hydrogens (primary N) is 1. The Morgan fingerprint density at radius 3 is 2.70 bits per heavy atom. The van der Waals surface area contributed by atoms with Gasteiger partial charge in [-0.2, -0.15) is 0 Å². The van der Waals surface area contributed by atoms with Crippen molar-refractivity contribution in [2.45, 2.75) is 31.5 Å². The van der Waals surface area contributed by atoms with Gasteiger partial charge in [-0.1, -0.05) is 34.1 Å². The van der Waals surface area contributed by atoms with E-state index >= 15 is 0 Å². The molecule has 1 amide bonds. The zero-order chi connectivity index (χ0) is 14.1. The first-order valence-corrected chi connectivity index (χ1v) is 7.83. The normalized spacial score (nSPS) is 25.7. The molecular weight excluding hydrogens is 320 g/mol. The molecule has 2 aliphatic rings. The number of benzene rings is 1. The maximum Gasteiger partial charge on any atom is 0.230 e. The second-order valence-electron chi connectivity index (χ2n) is 5.60. The zero-order valence-electron chi connectivity index (χ0n) is 11.3. The SMILES string of the molecule is NC1COCC1C(=O)N(Cc1ccccc1Br)C1CC1. The summed E-state index contributed by atoms with van der Waals surface area (Å²) in [6, 6.07) is 8.26. The Morgan fingerprint density at radius 2 is 2.10 bits per heavy atom. The molecule has 2 atom stereocenters. The first kappa shape index (κ1) is 14.0. The van der Waals surface area contributed by atoms with Crippen LogP contribution in [0, 0.1) is 5.92 Å². The van der Waals surface area contributed by atoms with E-state index in [1.807, 2.05) is 23.1 Å². The lowest BCUT2D eigenvalue weighted by Gasteiger charge is -2.27. The fourth-order valence-corrected chi connectivity index (χ4v) is 3.03. The van der Waals surface area contributed by atoms with Crippen molar-refractivity contribution in [2.24, 2.45) is 11.7 Å². The van der Waals surface area contributed by atoms with Crippen molar-refractivity contribution in [3.8, 4) is 0 Å². The Morgan fingerprint density at radius 1 is 1.35 bits per heavy atom. The molecule has 0 radical (unpaired) electrons. The molecule has 2 unspecified atom stereocenters. The summed E-state index contributed by atoms with van der Waals surface area (Å²) in [7, 11) is 0. The summed E-state index contributed by atoms with van der Waals surface area (Å²) < 4.78 is 6.38. The van der Waals surface area contributed by atoms with Crippen LogP contribution in [0.2, 0.25) is 0 Å². The van der Waals surface area contributed by atoms with E-state index in [1.54, 1.807) is 0 Å². The van der Waals surface area contributed by atoms with Gasteiger partial charge in [0.1, 0.15) is 0 Å². The predicted octanol–water partition coefficient (Wildman–Crippen LogP) is 1.91. The molecule has 3 rings (SSSR count). The van der Waals surface area contributed by atoms with Crippen molar-refractivity contribution in [1.29, 1.82) is 0 Å². The highest BCUT2D eigenvalue weighted by molar-refractivity contribution is 9.10. The van der Waals surface area contributed by atoms with E-state index in [0.29, 0.717) is 25.8 Å². The van der Waals surface area contributed by atoms with E-state index in [9.17, 15) is 4.79 Å². The molecule has 20 heavy (non-hydrogen) atoms. The Labute approximate surface area is 127 Å². The summed E-state index contributed by atoms with van der Waals surface area (Å²) in [5.41, 5.74) is 7.12. The van der Waals surface area contributed by atoms with Gasteiger partial charge in [0, 0.05) is 23.1 Å². The molecule has 1 saturated carbocycles. The molecule has 1 aromatic carbocycles. The van der Waals surface area contributed by atoms with Gasteiger partial charge in [0.15, 0.2) is 0 Å². The van der Waals surface area contributed by atoms with Gasteiger partial charge in [-0.15, -0.1) is 0 Å². The molecular formula is C15H19BrN2O2. The fourth-order valence-electron chi connectivity index (χ4n) is 2.62. The number of rotatable bonds is 4. The monoisotopic (exact) mass is 338 g/mol. The largest absolute Gasteiger partial charge is 0.379 e. The number of ether oxygens (including phenoxy) is 1. The minimum atomic E-state index is -0.182. The highest BCUT2D eigenvalue weighted by atomic mass is 79.9. The van der Waals surface area contributed by atoms with E-state index in [4.69, 9.17) is 10.5 Å². The molecule has 1 aromatic rings. The summed E-state index contributed by atoms with van der Waals surface area (Å²) >= 11 is 3.55. The average molecular weight is 339 g/mol. The highest BCUT2D eigenvalue weighted by Crippen LogP contribution is 2.32. The Balaban J connectivity index is 1.76. The van der Waals surface area contributed by atoms with Crippen molar-refractivity contribution in [3.05, 3.63) is 34.3 Å². The third-order valence-electron chi connectivity index (χ3n) is 4.01. The Bertz CT molecular complexity index is 504. The van der Waals surface area contributed by atoms with E-state index < -0.39 is 0 Å². The predicted molar refractivity (Wildman–Crippen MR) is 80.0 cm³/mol. The summed E-state index contributed by atoms with van der Waals surface area (Å²) in [5, 5.41) is 0. The lowest BCUT2D eigenvalue weighted by Crippen LogP contribution is -2.44. The molecule has 1 aliphatic heterocycles. The molecule has 0 aromatic heterocycles. The molecule has 1 saturated heterocycles. The van der Waals surface area contributed by atoms with Crippen LogP contribution in [0.4, 0.5) is 0 Å². The number of hydrogen-bond donors (Lipinski definition) is 1. The number of hydrogen-bond acceptors (Lipinski definition) is 3. The van der Waals surface area contributed by atoms with Gasteiger partial charge in [0.05, 0.1) is 19.1 Å². The van der Waals surface area contributed by atoms with Crippen LogP contribution in [-0.4, -0.2) is 36.1 Å². The maximum atomic E-state index is 12.7. The lowest BCUT2D eigenvalue weighted by molar-refractivity contribution is -0.137. The topological polar surface area (TPSA) is 55.6 Å². The second-order valence-corrected chi connectivity index (χ2v) is 6.45. The van der Waals surface area contributed by atoms with Crippen LogP contribution in [0.15, 0.2) is 28.7 Å². The smallest absolute Gasteiger partial charge is 0.230 e. The van der Waals surface area contributed by atoms with Crippen LogP contribution in [0.5, 0.6) is 0 Å². The number of carbonyl (C=O) groups excluding carboxylic acids is 1. The standard InChI is InChI=1S/C15H19BrN2O2/c16-13-4-2-1-3-10(13)7-18(11-5-6-11)15(19)12-8-20-9-14(12)17/h1-4,11-12,14H,5-9,17H2. The summed E-state index contributed by atoms with van der Waals surface area (Å²) in [6.07, 6.45) is 2.19. The highest BCUT2D eigenvalue weighted by Gasteiger charge is 2.40. The van der Waals surface area contributed by atoms with Gasteiger partial charge >= 0.3 is 0 Å². The van der Waals surface area contributed by atoms with Crippen molar-refractivity contribution < 1.29 is 9.53 Å². The zero-order valence-corrected chi connectivity index (χ0v) is 12.9. The first-order chi connectivity index (χ1) is 9.66. The van der Waals surface area contributed by atoms with Gasteiger partial charge < -0.3 is 15.4 Å². The fraction of sp³-hybridized carbons (Fsp3) is 0.533. The van der Waals surface area contributed by atoms with Gasteiger partial charge in [-0.3, -0.25) is 4.79 Å². The third kappa shape index (κ3) is 2.90. The minimum absolute atomic E-state index is 0.147. The van der Waals surface area contributed by atoms with Gasteiger partial charge in [-0.05, 0) is 24.5 Å². The molecule has 1 heterocycles. The molecule has 0 bridgehead atoms. The van der Waals surface area contributed by atoms with Crippen LogP contribution < -0.4 is 5.73 Å². The number of amides is 1. The second kappa shape index (κ2) is 5.84. The first-order valence-electron chi connectivity index (χ1n) is 7.04. The quantitative estimate of drug-likeness (QED) is 0.912. The Kier molecular flexibility index (Phi) is 4.10. The van der Waals surface area contributed by atoms with Crippen molar-refractivity contribution >= 4 is 21.8 Å². The van der Waals surface area contributed by atoms with E-state index in [-0.39, 0.29) is 17.9 Å². The lowest BCUT2D eigenvalue weighted by atomic mass is 10.0. The summed E-state index contributed by atoms with van der Waals surface area (Å²) in [4.78, 5) is 14.7.